The van der Waals surface area contributed by atoms with Crippen LogP contribution in [0.15, 0.2) is 12.4 Å². The van der Waals surface area contributed by atoms with Crippen molar-refractivity contribution in [1.82, 2.24) is 20.2 Å². The Kier molecular flexibility index (Phi) is 4.80. The number of nitrogens with zero attached hydrogens (tertiary/aromatic N) is 3. The Labute approximate surface area is 141 Å². The first-order chi connectivity index (χ1) is 11.5. The average Bonchev–Trinajstić information content (AvgIpc) is 2.59. The summed E-state index contributed by atoms with van der Waals surface area (Å²) in [4.78, 5) is 34.4. The highest BCUT2D eigenvalue weighted by Gasteiger charge is 2.49. The van der Waals surface area contributed by atoms with E-state index in [1.165, 1.54) is 7.11 Å². The topological polar surface area (TPSA) is 84.4 Å². The highest BCUT2D eigenvalue weighted by atomic mass is 16.5. The van der Waals surface area contributed by atoms with E-state index in [0.29, 0.717) is 18.8 Å². The van der Waals surface area contributed by atoms with E-state index in [1.54, 1.807) is 12.4 Å². The van der Waals surface area contributed by atoms with Gasteiger partial charge in [0.05, 0.1) is 11.9 Å². The number of aryl methyl sites for hydroxylation is 1. The molecule has 1 aliphatic carbocycles. The quantitative estimate of drug-likeness (QED) is 0.887. The molecule has 2 amide bonds. The molecule has 1 atom stereocenters. The highest BCUT2D eigenvalue weighted by Crippen LogP contribution is 2.49. The Hall–Kier alpha value is -2.02. The predicted octanol–water partition coefficient (Wildman–Crippen LogP) is 0.932. The Morgan fingerprint density at radius 1 is 1.29 bits per heavy atom. The molecule has 24 heavy (non-hydrogen) atoms. The zero-order chi connectivity index (χ0) is 17.2. The van der Waals surface area contributed by atoms with E-state index in [-0.39, 0.29) is 29.9 Å². The summed E-state index contributed by atoms with van der Waals surface area (Å²) >= 11 is 0. The van der Waals surface area contributed by atoms with Crippen molar-refractivity contribution < 1.29 is 14.3 Å². The van der Waals surface area contributed by atoms with Gasteiger partial charge in [0, 0.05) is 32.4 Å². The van der Waals surface area contributed by atoms with Crippen LogP contribution in [0.5, 0.6) is 0 Å². The zero-order valence-electron chi connectivity index (χ0n) is 14.2. The number of nitrogens with one attached hydrogen (secondary N) is 1. The van der Waals surface area contributed by atoms with Gasteiger partial charge in [0.1, 0.15) is 12.3 Å². The van der Waals surface area contributed by atoms with Gasteiger partial charge in [-0.1, -0.05) is 0 Å². The molecule has 2 heterocycles. The Bertz CT molecular complexity index is 609. The maximum absolute atomic E-state index is 12.5. The number of carbonyl (C=O) groups is 2. The SMILES string of the molecule is COCC(=O)NC1CCC12CCN(C(=O)c1cnc(C)cn1)CC2. The van der Waals surface area contributed by atoms with Gasteiger partial charge in [-0.15, -0.1) is 0 Å². The van der Waals surface area contributed by atoms with E-state index in [0.717, 1.165) is 31.4 Å². The van der Waals surface area contributed by atoms with Crippen molar-refractivity contribution in [3.05, 3.63) is 23.8 Å². The van der Waals surface area contributed by atoms with Crippen LogP contribution in [0.4, 0.5) is 0 Å². The molecule has 1 saturated heterocycles. The Balaban J connectivity index is 1.56. The van der Waals surface area contributed by atoms with Crippen molar-refractivity contribution in [2.45, 2.75) is 38.6 Å². The molecule has 0 aromatic carbocycles. The van der Waals surface area contributed by atoms with Crippen LogP contribution in [0.3, 0.4) is 0 Å². The van der Waals surface area contributed by atoms with Crippen LogP contribution >= 0.6 is 0 Å². The van der Waals surface area contributed by atoms with Crippen LogP contribution in [0.25, 0.3) is 0 Å². The van der Waals surface area contributed by atoms with Gasteiger partial charge in [0.2, 0.25) is 5.91 Å². The van der Waals surface area contributed by atoms with Crippen LogP contribution < -0.4 is 5.32 Å². The minimum Gasteiger partial charge on any atom is -0.375 e. The molecule has 0 bridgehead atoms. The Morgan fingerprint density at radius 2 is 2.04 bits per heavy atom. The lowest BCUT2D eigenvalue weighted by atomic mass is 9.59. The van der Waals surface area contributed by atoms with Gasteiger partial charge >= 0.3 is 0 Å². The number of methoxy groups -OCH3 is 1. The lowest BCUT2D eigenvalue weighted by molar-refractivity contribution is -0.129. The highest BCUT2D eigenvalue weighted by molar-refractivity contribution is 5.92. The van der Waals surface area contributed by atoms with Gasteiger partial charge in [-0.25, -0.2) is 4.98 Å². The van der Waals surface area contributed by atoms with E-state index >= 15 is 0 Å². The minimum absolute atomic E-state index is 0.0587. The molecule has 130 valence electrons. The van der Waals surface area contributed by atoms with Crippen LogP contribution in [0, 0.1) is 12.3 Å². The maximum atomic E-state index is 12.5. The predicted molar refractivity (Wildman–Crippen MR) is 87.4 cm³/mol. The number of aromatic nitrogens is 2. The first-order valence-corrected chi connectivity index (χ1v) is 8.40. The summed E-state index contributed by atoms with van der Waals surface area (Å²) in [6.07, 6.45) is 7.10. The maximum Gasteiger partial charge on any atom is 0.274 e. The van der Waals surface area contributed by atoms with Gasteiger partial charge in [0.15, 0.2) is 0 Å². The van der Waals surface area contributed by atoms with Gasteiger partial charge < -0.3 is 15.0 Å². The van der Waals surface area contributed by atoms with Gasteiger partial charge in [-0.2, -0.15) is 0 Å². The van der Waals surface area contributed by atoms with E-state index in [2.05, 4.69) is 15.3 Å². The summed E-state index contributed by atoms with van der Waals surface area (Å²) in [7, 11) is 1.52. The third kappa shape index (κ3) is 3.26. The van der Waals surface area contributed by atoms with Gasteiger partial charge in [0.25, 0.3) is 5.91 Å². The Morgan fingerprint density at radius 3 is 2.58 bits per heavy atom. The second-order valence-corrected chi connectivity index (χ2v) is 6.79. The number of rotatable bonds is 4. The second kappa shape index (κ2) is 6.84. The van der Waals surface area contributed by atoms with E-state index in [1.807, 2.05) is 11.8 Å². The summed E-state index contributed by atoms with van der Waals surface area (Å²) in [5.74, 6) is -0.119. The first kappa shape index (κ1) is 16.8. The molecule has 1 saturated carbocycles. The molecule has 0 radical (unpaired) electrons. The third-order valence-corrected chi connectivity index (χ3v) is 5.33. The molecule has 1 spiro atoms. The standard InChI is InChI=1S/C17H24N4O3/c1-12-9-19-13(10-18-12)16(23)21-7-5-17(6-8-21)4-3-14(17)20-15(22)11-24-2/h9-10,14H,3-8,11H2,1-2H3,(H,20,22). The number of ether oxygens (including phenoxy) is 1. The van der Waals surface area contributed by atoms with E-state index in [9.17, 15) is 9.59 Å². The number of hydrogen-bond acceptors (Lipinski definition) is 5. The molecule has 1 N–H and O–H groups in total. The minimum atomic E-state index is -0.0602. The second-order valence-electron chi connectivity index (χ2n) is 6.79. The molecular formula is C17H24N4O3. The fourth-order valence-corrected chi connectivity index (χ4v) is 3.71. The van der Waals surface area contributed by atoms with Crippen molar-refractivity contribution >= 4 is 11.8 Å². The van der Waals surface area contributed by atoms with Crippen molar-refractivity contribution in [3.8, 4) is 0 Å². The molecule has 7 nitrogen and oxygen atoms in total. The average molecular weight is 332 g/mol. The molecule has 1 aromatic heterocycles. The van der Waals surface area contributed by atoms with Crippen LogP contribution in [0.1, 0.15) is 41.9 Å². The molecule has 2 aliphatic rings. The number of amides is 2. The first-order valence-electron chi connectivity index (χ1n) is 8.40. The number of likely N-dealkylation sites (tertiary alicyclic amines) is 1. The number of carbonyl (C=O) groups excluding carboxylic acids is 2. The summed E-state index contributed by atoms with van der Waals surface area (Å²) in [6.45, 7) is 3.35. The normalized spacial score (nSPS) is 22.1. The number of piperidine rings is 1. The molecule has 1 aromatic rings. The van der Waals surface area contributed by atoms with Crippen molar-refractivity contribution in [3.63, 3.8) is 0 Å². The zero-order valence-corrected chi connectivity index (χ0v) is 14.2. The van der Waals surface area contributed by atoms with Gasteiger partial charge in [-0.3, -0.25) is 14.6 Å². The summed E-state index contributed by atoms with van der Waals surface area (Å²) in [6, 6.07) is 0.205. The van der Waals surface area contributed by atoms with Crippen molar-refractivity contribution in [1.29, 1.82) is 0 Å². The molecule has 2 fully saturated rings. The van der Waals surface area contributed by atoms with Crippen molar-refractivity contribution in [2.75, 3.05) is 26.8 Å². The third-order valence-electron chi connectivity index (χ3n) is 5.33. The fraction of sp³-hybridized carbons (Fsp3) is 0.647. The lowest BCUT2D eigenvalue weighted by Gasteiger charge is -2.54. The summed E-state index contributed by atoms with van der Waals surface area (Å²) in [5, 5.41) is 3.07. The van der Waals surface area contributed by atoms with Crippen LogP contribution in [-0.2, 0) is 9.53 Å². The summed E-state index contributed by atoms with van der Waals surface area (Å²) < 4.78 is 4.88. The monoisotopic (exact) mass is 332 g/mol. The lowest BCUT2D eigenvalue weighted by Crippen LogP contribution is -2.60. The van der Waals surface area contributed by atoms with Crippen molar-refractivity contribution in [2.24, 2.45) is 5.41 Å². The van der Waals surface area contributed by atoms with E-state index in [4.69, 9.17) is 4.74 Å². The molecular weight excluding hydrogens is 308 g/mol. The van der Waals surface area contributed by atoms with E-state index < -0.39 is 0 Å². The molecule has 7 heteroatoms. The van der Waals surface area contributed by atoms with Crippen LogP contribution in [-0.4, -0.2) is 59.5 Å². The number of hydrogen-bond donors (Lipinski definition) is 1. The van der Waals surface area contributed by atoms with Gasteiger partial charge in [-0.05, 0) is 38.0 Å². The molecule has 1 unspecified atom stereocenters. The molecule has 1 aliphatic heterocycles. The smallest absolute Gasteiger partial charge is 0.274 e. The molecule has 3 rings (SSSR count). The van der Waals surface area contributed by atoms with Crippen LogP contribution in [0.2, 0.25) is 0 Å². The fourth-order valence-electron chi connectivity index (χ4n) is 3.71. The largest absolute Gasteiger partial charge is 0.375 e. The summed E-state index contributed by atoms with van der Waals surface area (Å²) in [5.41, 5.74) is 1.34.